The fourth-order valence-corrected chi connectivity index (χ4v) is 4.68. The van der Waals surface area contributed by atoms with Crippen LogP contribution in [0.15, 0.2) is 30.5 Å². The Morgan fingerprint density at radius 3 is 2.79 bits per heavy atom. The fourth-order valence-electron chi connectivity index (χ4n) is 4.68. The number of benzene rings is 1. The van der Waals surface area contributed by atoms with Gasteiger partial charge in [0.2, 0.25) is 5.91 Å². The average molecular weight is 397 g/mol. The molecule has 1 spiro atoms. The van der Waals surface area contributed by atoms with E-state index in [4.69, 9.17) is 0 Å². The van der Waals surface area contributed by atoms with Crippen molar-refractivity contribution in [2.45, 2.75) is 30.5 Å². The molecule has 2 saturated heterocycles. The summed E-state index contributed by atoms with van der Waals surface area (Å²) >= 11 is 0. The monoisotopic (exact) mass is 397 g/mol. The van der Waals surface area contributed by atoms with Crippen LogP contribution in [0.2, 0.25) is 0 Å². The predicted octanol–water partition coefficient (Wildman–Crippen LogP) is -0.0690. The summed E-state index contributed by atoms with van der Waals surface area (Å²) in [5, 5.41) is 19.9. The van der Waals surface area contributed by atoms with Gasteiger partial charge in [0, 0.05) is 42.8 Å². The first-order valence-electron chi connectivity index (χ1n) is 9.83. The molecule has 5 rings (SSSR count). The lowest BCUT2D eigenvalue weighted by Gasteiger charge is -2.47. The van der Waals surface area contributed by atoms with Gasteiger partial charge >= 0.3 is 6.03 Å². The molecule has 3 heterocycles. The van der Waals surface area contributed by atoms with Crippen molar-refractivity contribution in [2.75, 3.05) is 19.6 Å². The number of H-pyrrole nitrogens is 1. The third-order valence-electron chi connectivity index (χ3n) is 6.28. The van der Waals surface area contributed by atoms with Gasteiger partial charge in [0.25, 0.3) is 5.91 Å². The summed E-state index contributed by atoms with van der Waals surface area (Å²) in [7, 11) is 0. The molecule has 4 amide bonds. The molecule has 1 saturated carbocycles. The largest absolute Gasteiger partial charge is 0.391 e. The zero-order chi connectivity index (χ0) is 20.2. The third kappa shape index (κ3) is 3.11. The van der Waals surface area contributed by atoms with Crippen molar-refractivity contribution >= 4 is 28.7 Å². The second-order valence-corrected chi connectivity index (χ2v) is 8.38. The first kappa shape index (κ1) is 18.0. The number of hydrogen-bond donors (Lipinski definition) is 5. The molecule has 2 aliphatic heterocycles. The molecule has 5 N–H and O–H groups in total. The minimum absolute atomic E-state index is 0.0274. The van der Waals surface area contributed by atoms with E-state index in [1.165, 1.54) is 0 Å². The van der Waals surface area contributed by atoms with Gasteiger partial charge in [-0.05, 0) is 36.4 Å². The van der Waals surface area contributed by atoms with Gasteiger partial charge in [-0.2, -0.15) is 0 Å². The van der Waals surface area contributed by atoms with E-state index in [0.717, 1.165) is 10.9 Å². The maximum absolute atomic E-state index is 12.8. The maximum atomic E-state index is 12.8. The number of nitrogens with one attached hydrogen (secondary N) is 4. The smallest absolute Gasteiger partial charge is 0.315 e. The molecule has 0 unspecified atom stereocenters. The van der Waals surface area contributed by atoms with Crippen molar-refractivity contribution in [1.29, 1.82) is 0 Å². The van der Waals surface area contributed by atoms with E-state index in [9.17, 15) is 19.5 Å². The van der Waals surface area contributed by atoms with Gasteiger partial charge in [-0.15, -0.1) is 0 Å². The van der Waals surface area contributed by atoms with Crippen LogP contribution in [-0.2, 0) is 4.79 Å². The number of amides is 4. The number of hydrogen-bond acceptors (Lipinski definition) is 4. The van der Waals surface area contributed by atoms with Gasteiger partial charge < -0.3 is 30.9 Å². The molecule has 1 aromatic carbocycles. The van der Waals surface area contributed by atoms with E-state index < -0.39 is 12.1 Å². The second-order valence-electron chi connectivity index (χ2n) is 8.38. The van der Waals surface area contributed by atoms with Gasteiger partial charge in [-0.25, -0.2) is 4.79 Å². The SMILES string of the molecule is O=C1NCC2(CN(C(=O)[C@@H]3C[C@@H](O)[C@H](NC(=O)c4ccc5cc[nH]c5c4)C3)C2)N1. The molecule has 9 heteroatoms. The lowest BCUT2D eigenvalue weighted by atomic mass is 9.89. The Morgan fingerprint density at radius 1 is 1.21 bits per heavy atom. The van der Waals surface area contributed by atoms with E-state index in [0.29, 0.717) is 38.0 Å². The first-order valence-corrected chi connectivity index (χ1v) is 9.83. The van der Waals surface area contributed by atoms with E-state index in [2.05, 4.69) is 20.9 Å². The Balaban J connectivity index is 1.19. The quantitative estimate of drug-likeness (QED) is 0.497. The standard InChI is InChI=1S/C20H23N5O4/c26-16-7-13(18(28)25-9-20(10-25)8-22-19(29)24-20)6-15(16)23-17(27)12-2-1-11-3-4-21-14(11)5-12/h1-5,13,15-16,21,26H,6-10H2,(H,23,27)(H2,22,24,29)/t13-,15+,16+/m0/s1. The number of aromatic nitrogens is 1. The molecule has 1 aliphatic carbocycles. The van der Waals surface area contributed by atoms with Gasteiger partial charge in [-0.3, -0.25) is 9.59 Å². The molecule has 3 atom stereocenters. The zero-order valence-corrected chi connectivity index (χ0v) is 15.8. The highest BCUT2D eigenvalue weighted by molar-refractivity contribution is 5.98. The van der Waals surface area contributed by atoms with Crippen molar-refractivity contribution in [3.8, 4) is 0 Å². The normalized spacial score (nSPS) is 27.6. The summed E-state index contributed by atoms with van der Waals surface area (Å²) in [5.74, 6) is -0.620. The van der Waals surface area contributed by atoms with Crippen molar-refractivity contribution < 1.29 is 19.5 Å². The predicted molar refractivity (Wildman–Crippen MR) is 104 cm³/mol. The second kappa shape index (κ2) is 6.48. The molecule has 29 heavy (non-hydrogen) atoms. The molecule has 2 aromatic rings. The molecule has 3 fully saturated rings. The number of rotatable bonds is 3. The lowest BCUT2D eigenvalue weighted by Crippen LogP contribution is -2.70. The number of aliphatic hydroxyl groups is 1. The van der Waals surface area contributed by atoms with Crippen LogP contribution in [0.5, 0.6) is 0 Å². The Kier molecular flexibility index (Phi) is 4.02. The number of nitrogens with zero attached hydrogens (tertiary/aromatic N) is 1. The van der Waals surface area contributed by atoms with Crippen LogP contribution in [-0.4, -0.2) is 70.2 Å². The summed E-state index contributed by atoms with van der Waals surface area (Å²) in [5.41, 5.74) is 1.03. The van der Waals surface area contributed by atoms with Crippen molar-refractivity contribution in [1.82, 2.24) is 25.8 Å². The van der Waals surface area contributed by atoms with Crippen LogP contribution in [0.3, 0.4) is 0 Å². The summed E-state index contributed by atoms with van der Waals surface area (Å²) < 4.78 is 0. The number of urea groups is 1. The molecule has 9 nitrogen and oxygen atoms in total. The van der Waals surface area contributed by atoms with E-state index >= 15 is 0 Å². The minimum Gasteiger partial charge on any atom is -0.391 e. The van der Waals surface area contributed by atoms with Gasteiger partial charge in [-0.1, -0.05) is 6.07 Å². The molecule has 3 aliphatic rings. The van der Waals surface area contributed by atoms with Gasteiger partial charge in [0.05, 0.1) is 17.7 Å². The van der Waals surface area contributed by atoms with Crippen LogP contribution >= 0.6 is 0 Å². The van der Waals surface area contributed by atoms with E-state index in [1.54, 1.807) is 17.0 Å². The number of aliphatic hydroxyl groups excluding tert-OH is 1. The summed E-state index contributed by atoms with van der Waals surface area (Å²) in [6, 6.07) is 6.67. The van der Waals surface area contributed by atoms with Crippen LogP contribution in [0.25, 0.3) is 10.9 Å². The van der Waals surface area contributed by atoms with Crippen LogP contribution in [0, 0.1) is 5.92 Å². The minimum atomic E-state index is -0.759. The van der Waals surface area contributed by atoms with Crippen molar-refractivity contribution in [3.05, 3.63) is 36.0 Å². The molecule has 152 valence electrons. The molecular formula is C20H23N5O4. The van der Waals surface area contributed by atoms with Crippen molar-refractivity contribution in [3.63, 3.8) is 0 Å². The van der Waals surface area contributed by atoms with Gasteiger partial charge in [0.1, 0.15) is 0 Å². The topological polar surface area (TPSA) is 127 Å². The Bertz CT molecular complexity index is 996. The van der Waals surface area contributed by atoms with E-state index in [1.807, 2.05) is 18.3 Å². The molecular weight excluding hydrogens is 374 g/mol. The number of carbonyl (C=O) groups excluding carboxylic acids is 3. The van der Waals surface area contributed by atoms with Crippen LogP contribution in [0.4, 0.5) is 4.79 Å². The Hall–Kier alpha value is -3.07. The first-order chi connectivity index (χ1) is 13.9. The van der Waals surface area contributed by atoms with Crippen LogP contribution < -0.4 is 16.0 Å². The van der Waals surface area contributed by atoms with Crippen LogP contribution in [0.1, 0.15) is 23.2 Å². The van der Waals surface area contributed by atoms with Crippen molar-refractivity contribution in [2.24, 2.45) is 5.92 Å². The number of aromatic amines is 1. The molecule has 1 aromatic heterocycles. The molecule has 0 bridgehead atoms. The highest BCUT2D eigenvalue weighted by atomic mass is 16.3. The zero-order valence-electron chi connectivity index (χ0n) is 15.8. The number of fused-ring (bicyclic) bond motifs is 1. The number of likely N-dealkylation sites (tertiary alicyclic amines) is 1. The summed E-state index contributed by atoms with van der Waals surface area (Å²) in [4.78, 5) is 41.5. The highest BCUT2D eigenvalue weighted by Crippen LogP contribution is 2.32. The highest BCUT2D eigenvalue weighted by Gasteiger charge is 2.51. The third-order valence-corrected chi connectivity index (χ3v) is 6.28. The molecule has 0 radical (unpaired) electrons. The number of carbonyl (C=O) groups is 3. The van der Waals surface area contributed by atoms with Gasteiger partial charge in [0.15, 0.2) is 0 Å². The Labute approximate surface area is 166 Å². The fraction of sp³-hybridized carbons (Fsp3) is 0.450. The lowest BCUT2D eigenvalue weighted by molar-refractivity contribution is -0.143. The Morgan fingerprint density at radius 2 is 2.03 bits per heavy atom. The average Bonchev–Trinajstić information content (AvgIpc) is 3.38. The summed E-state index contributed by atoms with van der Waals surface area (Å²) in [6.45, 7) is 1.47. The van der Waals surface area contributed by atoms with E-state index in [-0.39, 0.29) is 29.3 Å². The summed E-state index contributed by atoms with van der Waals surface area (Å²) in [6.07, 6.45) is 1.79. The maximum Gasteiger partial charge on any atom is 0.315 e.